The van der Waals surface area contributed by atoms with E-state index in [4.69, 9.17) is 5.73 Å². The van der Waals surface area contributed by atoms with Crippen molar-refractivity contribution in [1.82, 2.24) is 5.32 Å². The highest BCUT2D eigenvalue weighted by Gasteiger charge is 2.03. The maximum absolute atomic E-state index is 5.85. The average molecular weight is 236 g/mol. The lowest BCUT2D eigenvalue weighted by molar-refractivity contribution is 0.527. The van der Waals surface area contributed by atoms with Crippen LogP contribution in [0.4, 0.5) is 0 Å². The van der Waals surface area contributed by atoms with Gasteiger partial charge in [-0.25, -0.2) is 9.98 Å². The van der Waals surface area contributed by atoms with Gasteiger partial charge in [0, 0.05) is 11.9 Å². The summed E-state index contributed by atoms with van der Waals surface area (Å²) in [6.45, 7) is 10.0. The third kappa shape index (κ3) is 8.39. The Morgan fingerprint density at radius 1 is 1.47 bits per heavy atom. The van der Waals surface area contributed by atoms with Gasteiger partial charge in [0.25, 0.3) is 0 Å². The van der Waals surface area contributed by atoms with Gasteiger partial charge in [-0.1, -0.05) is 6.08 Å². The van der Waals surface area contributed by atoms with Crippen LogP contribution in [-0.4, -0.2) is 26.1 Å². The van der Waals surface area contributed by atoms with Crippen molar-refractivity contribution < 1.29 is 0 Å². The molecule has 0 bridgehead atoms. The first-order valence-corrected chi connectivity index (χ1v) is 5.86. The fourth-order valence-electron chi connectivity index (χ4n) is 1.34. The second kappa shape index (κ2) is 9.78. The Morgan fingerprint density at radius 2 is 2.18 bits per heavy atom. The Bertz CT molecular complexity index is 292. The summed E-state index contributed by atoms with van der Waals surface area (Å²) in [5, 5.41) is 3.13. The molecule has 0 saturated heterocycles. The molecular weight excluding hydrogens is 212 g/mol. The van der Waals surface area contributed by atoms with E-state index in [-0.39, 0.29) is 0 Å². The molecule has 0 aliphatic heterocycles. The summed E-state index contributed by atoms with van der Waals surface area (Å²) in [6, 6.07) is 0. The van der Waals surface area contributed by atoms with E-state index in [1.807, 2.05) is 13.1 Å². The van der Waals surface area contributed by atoms with E-state index < -0.39 is 0 Å². The number of nitrogens with two attached hydrogens (primary N) is 1. The highest BCUT2D eigenvalue weighted by molar-refractivity contribution is 5.84. The minimum Gasteiger partial charge on any atom is -0.401 e. The number of aliphatic imine (C=N–C) groups is 2. The highest BCUT2D eigenvalue weighted by atomic mass is 14.9. The number of hydrogen-bond acceptors (Lipinski definition) is 3. The number of hydrogen-bond donors (Lipinski definition) is 2. The number of amidine groups is 1. The SMILES string of the molecule is C=CC(CCNC)CC/C(N)=C\N=C(\C)N=C. The van der Waals surface area contributed by atoms with Gasteiger partial charge in [-0.2, -0.15) is 0 Å². The Kier molecular flexibility index (Phi) is 8.96. The third-order valence-electron chi connectivity index (χ3n) is 2.55. The lowest BCUT2D eigenvalue weighted by Gasteiger charge is -2.11. The van der Waals surface area contributed by atoms with Crippen molar-refractivity contribution in [1.29, 1.82) is 0 Å². The van der Waals surface area contributed by atoms with E-state index in [2.05, 4.69) is 28.6 Å². The summed E-state index contributed by atoms with van der Waals surface area (Å²) >= 11 is 0. The lowest BCUT2D eigenvalue weighted by Crippen LogP contribution is -2.12. The highest BCUT2D eigenvalue weighted by Crippen LogP contribution is 2.14. The smallest absolute Gasteiger partial charge is 0.124 e. The zero-order valence-electron chi connectivity index (χ0n) is 10.9. The predicted molar refractivity (Wildman–Crippen MR) is 76.4 cm³/mol. The molecule has 0 saturated carbocycles. The van der Waals surface area contributed by atoms with Crippen LogP contribution >= 0.6 is 0 Å². The monoisotopic (exact) mass is 236 g/mol. The zero-order valence-corrected chi connectivity index (χ0v) is 10.9. The van der Waals surface area contributed by atoms with E-state index in [1.54, 1.807) is 13.1 Å². The van der Waals surface area contributed by atoms with Crippen LogP contribution in [0.25, 0.3) is 0 Å². The number of nitrogens with one attached hydrogen (secondary N) is 1. The maximum Gasteiger partial charge on any atom is 0.124 e. The Balaban J connectivity index is 4.07. The van der Waals surface area contributed by atoms with E-state index in [0.717, 1.165) is 31.5 Å². The molecule has 0 aliphatic carbocycles. The molecule has 3 N–H and O–H groups in total. The molecule has 1 atom stereocenters. The molecule has 1 unspecified atom stereocenters. The van der Waals surface area contributed by atoms with E-state index in [0.29, 0.717) is 11.8 Å². The lowest BCUT2D eigenvalue weighted by atomic mass is 9.99. The van der Waals surface area contributed by atoms with Crippen LogP contribution in [0.5, 0.6) is 0 Å². The van der Waals surface area contributed by atoms with Gasteiger partial charge in [0.05, 0.1) is 0 Å². The fourth-order valence-corrected chi connectivity index (χ4v) is 1.34. The molecule has 0 aromatic rings. The average Bonchev–Trinajstić information content (AvgIpc) is 2.36. The van der Waals surface area contributed by atoms with Crippen LogP contribution in [0.2, 0.25) is 0 Å². The zero-order chi connectivity index (χ0) is 13.1. The molecule has 0 radical (unpaired) electrons. The van der Waals surface area contributed by atoms with Crippen molar-refractivity contribution in [2.24, 2.45) is 21.6 Å². The van der Waals surface area contributed by atoms with Crippen molar-refractivity contribution in [2.45, 2.75) is 26.2 Å². The summed E-state index contributed by atoms with van der Waals surface area (Å²) in [4.78, 5) is 7.76. The van der Waals surface area contributed by atoms with Gasteiger partial charge in [-0.05, 0) is 52.4 Å². The molecule has 17 heavy (non-hydrogen) atoms. The minimum absolute atomic E-state index is 0.497. The number of allylic oxidation sites excluding steroid dienone is 2. The van der Waals surface area contributed by atoms with Crippen molar-refractivity contribution in [3.05, 3.63) is 24.6 Å². The van der Waals surface area contributed by atoms with E-state index in [9.17, 15) is 0 Å². The molecule has 96 valence electrons. The summed E-state index contributed by atoms with van der Waals surface area (Å²) in [5.74, 6) is 1.13. The van der Waals surface area contributed by atoms with Crippen LogP contribution in [-0.2, 0) is 0 Å². The first-order chi connectivity index (χ1) is 8.13. The molecule has 0 amide bonds. The van der Waals surface area contributed by atoms with Crippen molar-refractivity contribution >= 4 is 12.6 Å². The normalized spacial score (nSPS) is 14.5. The predicted octanol–water partition coefficient (Wildman–Crippen LogP) is 2.10. The number of nitrogens with zero attached hydrogens (tertiary/aromatic N) is 2. The molecule has 0 aromatic carbocycles. The van der Waals surface area contributed by atoms with Gasteiger partial charge < -0.3 is 11.1 Å². The molecule has 0 spiro atoms. The first-order valence-electron chi connectivity index (χ1n) is 5.86. The van der Waals surface area contributed by atoms with Gasteiger partial charge in [-0.3, -0.25) is 0 Å². The minimum atomic E-state index is 0.497. The van der Waals surface area contributed by atoms with Gasteiger partial charge in [0.1, 0.15) is 5.84 Å². The van der Waals surface area contributed by atoms with Crippen LogP contribution in [0.15, 0.2) is 34.5 Å². The van der Waals surface area contributed by atoms with E-state index in [1.165, 1.54) is 0 Å². The van der Waals surface area contributed by atoms with Gasteiger partial charge in [0.15, 0.2) is 0 Å². The standard InChI is InChI=1S/C13H24N4/c1-5-12(8-9-15-3)6-7-13(14)10-17-11(2)16-4/h5,10,12,15H,1,4,6-9,14H2,2-3H3/b13-10+,17-11-. The van der Waals surface area contributed by atoms with Crippen LogP contribution in [0, 0.1) is 5.92 Å². The first kappa shape index (κ1) is 15.6. The molecule has 0 fully saturated rings. The van der Waals surface area contributed by atoms with Crippen LogP contribution < -0.4 is 11.1 Å². The second-order valence-electron chi connectivity index (χ2n) is 3.97. The van der Waals surface area contributed by atoms with Crippen molar-refractivity contribution in [3.8, 4) is 0 Å². The second-order valence-corrected chi connectivity index (χ2v) is 3.97. The summed E-state index contributed by atoms with van der Waals surface area (Å²) < 4.78 is 0. The fraction of sp³-hybridized carbons (Fsp3) is 0.538. The molecule has 0 aromatic heterocycles. The quantitative estimate of drug-likeness (QED) is 0.385. The maximum atomic E-state index is 5.85. The van der Waals surface area contributed by atoms with E-state index >= 15 is 0 Å². The molecule has 4 heteroatoms. The largest absolute Gasteiger partial charge is 0.401 e. The molecule has 4 nitrogen and oxygen atoms in total. The summed E-state index contributed by atoms with van der Waals surface area (Å²) in [6.07, 6.45) is 6.56. The molecule has 0 heterocycles. The van der Waals surface area contributed by atoms with Crippen molar-refractivity contribution in [2.75, 3.05) is 13.6 Å². The van der Waals surface area contributed by atoms with Gasteiger partial charge >= 0.3 is 0 Å². The Labute approximate surface area is 104 Å². The van der Waals surface area contributed by atoms with Crippen molar-refractivity contribution in [3.63, 3.8) is 0 Å². The molecule has 0 aliphatic rings. The van der Waals surface area contributed by atoms with Gasteiger partial charge in [-0.15, -0.1) is 6.58 Å². The molecular formula is C13H24N4. The number of rotatable bonds is 8. The topological polar surface area (TPSA) is 62.8 Å². The summed E-state index contributed by atoms with van der Waals surface area (Å²) in [5.41, 5.74) is 6.62. The van der Waals surface area contributed by atoms with Crippen LogP contribution in [0.3, 0.4) is 0 Å². The Hall–Kier alpha value is -1.42. The summed E-state index contributed by atoms with van der Waals surface area (Å²) in [7, 11) is 1.95. The Morgan fingerprint density at radius 3 is 2.71 bits per heavy atom. The third-order valence-corrected chi connectivity index (χ3v) is 2.55. The van der Waals surface area contributed by atoms with Crippen LogP contribution in [0.1, 0.15) is 26.2 Å². The van der Waals surface area contributed by atoms with Gasteiger partial charge in [0.2, 0.25) is 0 Å². The molecule has 0 rings (SSSR count).